The molecule has 0 atom stereocenters. The molecule has 2 N–H and O–H groups in total. The summed E-state index contributed by atoms with van der Waals surface area (Å²) >= 11 is 0. The summed E-state index contributed by atoms with van der Waals surface area (Å²) < 4.78 is 19.2. The second-order valence-corrected chi connectivity index (χ2v) is 18.2. The van der Waals surface area contributed by atoms with Crippen LogP contribution in [0.3, 0.4) is 0 Å². The van der Waals surface area contributed by atoms with Gasteiger partial charge in [-0.1, -0.05) is 271 Å². The van der Waals surface area contributed by atoms with Crippen LogP contribution in [0.15, 0.2) is 12.1 Å². The van der Waals surface area contributed by atoms with Gasteiger partial charge < -0.3 is 19.9 Å². The molecule has 58 heavy (non-hydrogen) atoms. The van der Waals surface area contributed by atoms with E-state index in [0.717, 1.165) is 36.5 Å². The third-order valence-corrected chi connectivity index (χ3v) is 12.3. The summed E-state index contributed by atoms with van der Waals surface area (Å²) in [5.41, 5.74) is 7.10. The quantitative estimate of drug-likeness (QED) is 0.0526. The number of hydrogen-bond acceptors (Lipinski definition) is 4. The van der Waals surface area contributed by atoms with Crippen molar-refractivity contribution >= 4 is 5.69 Å². The summed E-state index contributed by atoms with van der Waals surface area (Å²) in [5, 5.41) is 0. The SMILES string of the molecule is CCCCCCCCCCCCCCCCOc1cc(N)cc(OCCCCCCCCCCCCCCCC)c1OCCCCCCCCCCCCCCCC. The first-order chi connectivity index (χ1) is 28.7. The molecule has 0 aliphatic carbocycles. The third-order valence-electron chi connectivity index (χ3n) is 12.3. The Labute approximate surface area is 364 Å². The second-order valence-electron chi connectivity index (χ2n) is 18.2. The maximum Gasteiger partial charge on any atom is 0.203 e. The van der Waals surface area contributed by atoms with Crippen molar-refractivity contribution in [2.75, 3.05) is 25.6 Å². The smallest absolute Gasteiger partial charge is 0.203 e. The van der Waals surface area contributed by atoms with Crippen LogP contribution in [0.1, 0.15) is 290 Å². The molecule has 1 rings (SSSR count). The summed E-state index contributed by atoms with van der Waals surface area (Å²) in [7, 11) is 0. The van der Waals surface area contributed by atoms with E-state index in [-0.39, 0.29) is 0 Å². The molecular weight excluding hydrogens is 711 g/mol. The molecule has 0 aliphatic heterocycles. The number of hydrogen-bond donors (Lipinski definition) is 1. The Morgan fingerprint density at radius 1 is 0.276 bits per heavy atom. The van der Waals surface area contributed by atoms with E-state index >= 15 is 0 Å². The van der Waals surface area contributed by atoms with E-state index in [0.29, 0.717) is 25.5 Å². The van der Waals surface area contributed by atoms with Gasteiger partial charge in [-0.05, 0) is 19.3 Å². The number of benzene rings is 1. The Morgan fingerprint density at radius 2 is 0.466 bits per heavy atom. The molecule has 0 radical (unpaired) electrons. The van der Waals surface area contributed by atoms with E-state index in [4.69, 9.17) is 19.9 Å². The summed E-state index contributed by atoms with van der Waals surface area (Å²) in [6.07, 6.45) is 57.1. The molecule has 0 aromatic heterocycles. The van der Waals surface area contributed by atoms with Crippen molar-refractivity contribution in [1.82, 2.24) is 0 Å². The number of unbranched alkanes of at least 4 members (excludes halogenated alkanes) is 39. The Kier molecular flexibility index (Phi) is 42.2. The summed E-state index contributed by atoms with van der Waals surface area (Å²) in [4.78, 5) is 0. The van der Waals surface area contributed by atoms with Gasteiger partial charge in [-0.2, -0.15) is 0 Å². The van der Waals surface area contributed by atoms with Gasteiger partial charge in [0.15, 0.2) is 11.5 Å². The maximum absolute atomic E-state index is 6.47. The molecule has 4 heteroatoms. The number of rotatable bonds is 48. The molecule has 0 unspecified atom stereocenters. The van der Waals surface area contributed by atoms with Crippen molar-refractivity contribution < 1.29 is 14.2 Å². The molecule has 4 nitrogen and oxygen atoms in total. The third kappa shape index (κ3) is 36.3. The van der Waals surface area contributed by atoms with Gasteiger partial charge in [0.05, 0.1) is 19.8 Å². The van der Waals surface area contributed by atoms with Gasteiger partial charge >= 0.3 is 0 Å². The van der Waals surface area contributed by atoms with Crippen molar-refractivity contribution in [1.29, 1.82) is 0 Å². The van der Waals surface area contributed by atoms with E-state index in [2.05, 4.69) is 20.8 Å². The fraction of sp³-hybridized carbons (Fsp3) is 0.889. The highest BCUT2D eigenvalue weighted by molar-refractivity contribution is 5.60. The Balaban J connectivity index is 2.38. The molecular formula is C54H103NO3. The molecule has 0 saturated heterocycles. The highest BCUT2D eigenvalue weighted by Gasteiger charge is 2.15. The lowest BCUT2D eigenvalue weighted by molar-refractivity contribution is 0.234. The van der Waals surface area contributed by atoms with Crippen LogP contribution < -0.4 is 19.9 Å². The first kappa shape index (κ1) is 54.4. The Morgan fingerprint density at radius 3 is 0.690 bits per heavy atom. The molecule has 0 fully saturated rings. The zero-order valence-electron chi connectivity index (χ0n) is 39.8. The van der Waals surface area contributed by atoms with E-state index in [1.807, 2.05) is 12.1 Å². The molecule has 0 spiro atoms. The van der Waals surface area contributed by atoms with Gasteiger partial charge in [0.25, 0.3) is 0 Å². The molecule has 0 saturated carbocycles. The zero-order chi connectivity index (χ0) is 41.7. The van der Waals surface area contributed by atoms with Crippen molar-refractivity contribution in [3.05, 3.63) is 12.1 Å². The van der Waals surface area contributed by atoms with Crippen LogP contribution in [0.4, 0.5) is 5.69 Å². The fourth-order valence-electron chi connectivity index (χ4n) is 8.38. The van der Waals surface area contributed by atoms with Crippen LogP contribution in [-0.2, 0) is 0 Å². The lowest BCUT2D eigenvalue weighted by atomic mass is 10.0. The predicted molar refractivity (Wildman–Crippen MR) is 258 cm³/mol. The van der Waals surface area contributed by atoms with Crippen molar-refractivity contribution in [2.24, 2.45) is 0 Å². The van der Waals surface area contributed by atoms with Gasteiger partial charge in [0.1, 0.15) is 0 Å². The van der Waals surface area contributed by atoms with E-state index in [1.165, 1.54) is 250 Å². The van der Waals surface area contributed by atoms with Crippen molar-refractivity contribution in [2.45, 2.75) is 290 Å². The van der Waals surface area contributed by atoms with Crippen LogP contribution in [0, 0.1) is 0 Å². The number of anilines is 1. The van der Waals surface area contributed by atoms with E-state index in [9.17, 15) is 0 Å². The van der Waals surface area contributed by atoms with Crippen molar-refractivity contribution in [3.8, 4) is 17.2 Å². The summed E-state index contributed by atoms with van der Waals surface area (Å²) in [5.74, 6) is 2.28. The highest BCUT2D eigenvalue weighted by Crippen LogP contribution is 2.40. The highest BCUT2D eigenvalue weighted by atomic mass is 16.5. The minimum Gasteiger partial charge on any atom is -0.489 e. The minimum absolute atomic E-state index is 0.691. The average molecular weight is 814 g/mol. The van der Waals surface area contributed by atoms with Crippen LogP contribution in [0.5, 0.6) is 17.2 Å². The second kappa shape index (κ2) is 45.0. The standard InChI is InChI=1S/C54H103NO3/c1-4-7-10-13-16-19-22-25-28-31-34-37-40-43-46-56-52-49-51(55)50-53(57-47-44-41-38-35-32-29-26-23-20-17-14-11-8-5-2)54(52)58-48-45-42-39-36-33-30-27-24-21-18-15-12-9-6-3/h49-50H,4-48,55H2,1-3H3. The minimum atomic E-state index is 0.691. The average Bonchev–Trinajstić information content (AvgIpc) is 3.22. The van der Waals surface area contributed by atoms with E-state index in [1.54, 1.807) is 0 Å². The predicted octanol–water partition coefficient (Wildman–Crippen LogP) is 18.8. The largest absolute Gasteiger partial charge is 0.489 e. The fourth-order valence-corrected chi connectivity index (χ4v) is 8.38. The lowest BCUT2D eigenvalue weighted by Gasteiger charge is -2.18. The normalized spacial score (nSPS) is 11.4. The van der Waals surface area contributed by atoms with Gasteiger partial charge in [-0.15, -0.1) is 0 Å². The molecule has 0 bridgehead atoms. The maximum atomic E-state index is 6.47. The summed E-state index contributed by atoms with van der Waals surface area (Å²) in [6.45, 7) is 9.00. The zero-order valence-corrected chi connectivity index (χ0v) is 39.8. The van der Waals surface area contributed by atoms with Crippen LogP contribution in [0.25, 0.3) is 0 Å². The molecule has 0 heterocycles. The molecule has 0 amide bonds. The van der Waals surface area contributed by atoms with Gasteiger partial charge in [-0.3, -0.25) is 0 Å². The number of ether oxygens (including phenoxy) is 3. The van der Waals surface area contributed by atoms with Gasteiger partial charge in [-0.25, -0.2) is 0 Å². The Bertz CT molecular complexity index is 895. The molecule has 0 aliphatic rings. The monoisotopic (exact) mass is 814 g/mol. The van der Waals surface area contributed by atoms with Crippen LogP contribution >= 0.6 is 0 Å². The van der Waals surface area contributed by atoms with Crippen LogP contribution in [-0.4, -0.2) is 19.8 Å². The topological polar surface area (TPSA) is 53.7 Å². The number of nitrogen functional groups attached to an aromatic ring is 1. The lowest BCUT2D eigenvalue weighted by Crippen LogP contribution is -2.07. The molecule has 342 valence electrons. The van der Waals surface area contributed by atoms with Crippen molar-refractivity contribution in [3.63, 3.8) is 0 Å². The molecule has 1 aromatic rings. The molecule has 1 aromatic carbocycles. The number of nitrogens with two attached hydrogens (primary N) is 1. The van der Waals surface area contributed by atoms with E-state index < -0.39 is 0 Å². The summed E-state index contributed by atoms with van der Waals surface area (Å²) in [6, 6.07) is 3.90. The van der Waals surface area contributed by atoms with Crippen LogP contribution in [0.2, 0.25) is 0 Å². The first-order valence-electron chi connectivity index (χ1n) is 26.5. The first-order valence-corrected chi connectivity index (χ1v) is 26.5. The Hall–Kier alpha value is -1.58. The van der Waals surface area contributed by atoms with Gasteiger partial charge in [0.2, 0.25) is 5.75 Å². The van der Waals surface area contributed by atoms with Gasteiger partial charge in [0, 0.05) is 17.8 Å².